The molecular formula is C12H8N4O2. The Morgan fingerprint density at radius 3 is 2.89 bits per heavy atom. The highest BCUT2D eigenvalue weighted by atomic mass is 16.6. The Kier molecular flexibility index (Phi) is 2.26. The monoisotopic (exact) mass is 240 g/mol. The molecule has 0 aliphatic carbocycles. The van der Waals surface area contributed by atoms with E-state index >= 15 is 0 Å². The zero-order valence-electron chi connectivity index (χ0n) is 9.22. The second kappa shape index (κ2) is 3.92. The van der Waals surface area contributed by atoms with E-state index in [1.165, 1.54) is 12.1 Å². The number of hydrogen-bond donors (Lipinski definition) is 0. The lowest BCUT2D eigenvalue weighted by Crippen LogP contribution is -1.96. The van der Waals surface area contributed by atoms with E-state index < -0.39 is 4.92 Å². The first-order valence-corrected chi connectivity index (χ1v) is 5.29. The maximum absolute atomic E-state index is 10.8. The highest BCUT2D eigenvalue weighted by Gasteiger charge is 2.09. The molecule has 6 heteroatoms. The molecule has 0 spiro atoms. The highest BCUT2D eigenvalue weighted by Crippen LogP contribution is 2.23. The number of nitro benzene ring substituents is 1. The van der Waals surface area contributed by atoms with Crippen molar-refractivity contribution in [2.75, 3.05) is 0 Å². The van der Waals surface area contributed by atoms with Gasteiger partial charge in [-0.3, -0.25) is 10.1 Å². The van der Waals surface area contributed by atoms with E-state index in [2.05, 4.69) is 10.1 Å². The Labute approximate surface area is 102 Å². The van der Waals surface area contributed by atoms with E-state index in [0.29, 0.717) is 5.65 Å². The zero-order chi connectivity index (χ0) is 12.5. The average Bonchev–Trinajstić information content (AvgIpc) is 2.87. The van der Waals surface area contributed by atoms with Crippen LogP contribution in [0.3, 0.4) is 0 Å². The van der Waals surface area contributed by atoms with Crippen molar-refractivity contribution in [2.24, 2.45) is 0 Å². The molecule has 0 N–H and O–H groups in total. The summed E-state index contributed by atoms with van der Waals surface area (Å²) in [4.78, 5) is 14.5. The summed E-state index contributed by atoms with van der Waals surface area (Å²) in [5.74, 6) is 0. The molecule has 0 saturated heterocycles. The van der Waals surface area contributed by atoms with Crippen molar-refractivity contribution in [3.8, 4) is 11.3 Å². The van der Waals surface area contributed by atoms with Crippen LogP contribution < -0.4 is 0 Å². The minimum atomic E-state index is -0.412. The quantitative estimate of drug-likeness (QED) is 0.509. The van der Waals surface area contributed by atoms with Crippen LogP contribution in [-0.2, 0) is 0 Å². The molecule has 3 aromatic rings. The summed E-state index contributed by atoms with van der Waals surface area (Å²) in [5, 5.41) is 14.9. The Hall–Kier alpha value is -2.76. The summed E-state index contributed by atoms with van der Waals surface area (Å²) in [6.07, 6.45) is 3.30. The smallest absolute Gasteiger partial charge is 0.258 e. The third-order valence-corrected chi connectivity index (χ3v) is 2.64. The lowest BCUT2D eigenvalue weighted by atomic mass is 10.1. The van der Waals surface area contributed by atoms with Crippen LogP contribution in [0.1, 0.15) is 0 Å². The fourth-order valence-electron chi connectivity index (χ4n) is 1.83. The van der Waals surface area contributed by atoms with E-state index in [9.17, 15) is 10.1 Å². The summed E-state index contributed by atoms with van der Waals surface area (Å²) in [6, 6.07) is 10.0. The molecule has 1 aromatic carbocycles. The topological polar surface area (TPSA) is 73.3 Å². The molecule has 3 rings (SSSR count). The highest BCUT2D eigenvalue weighted by molar-refractivity contribution is 5.64. The van der Waals surface area contributed by atoms with E-state index in [1.54, 1.807) is 35.1 Å². The molecule has 0 saturated carbocycles. The molecule has 88 valence electrons. The number of hydrogen-bond acceptors (Lipinski definition) is 4. The first kappa shape index (κ1) is 10.4. The van der Waals surface area contributed by atoms with Gasteiger partial charge in [-0.2, -0.15) is 5.10 Å². The third-order valence-electron chi connectivity index (χ3n) is 2.64. The number of nitro groups is 1. The molecule has 0 amide bonds. The van der Waals surface area contributed by atoms with Crippen LogP contribution in [0.25, 0.3) is 16.9 Å². The zero-order valence-corrected chi connectivity index (χ0v) is 9.22. The maximum Gasteiger partial charge on any atom is 0.270 e. The number of benzene rings is 1. The summed E-state index contributed by atoms with van der Waals surface area (Å²) in [7, 11) is 0. The van der Waals surface area contributed by atoms with Gasteiger partial charge in [-0.25, -0.2) is 9.50 Å². The van der Waals surface area contributed by atoms with Crippen LogP contribution in [0.2, 0.25) is 0 Å². The van der Waals surface area contributed by atoms with Crippen LogP contribution in [0, 0.1) is 10.1 Å². The number of nitrogens with zero attached hydrogens (tertiary/aromatic N) is 4. The van der Waals surface area contributed by atoms with E-state index in [1.807, 2.05) is 6.07 Å². The van der Waals surface area contributed by atoms with Crippen LogP contribution in [0.15, 0.2) is 48.8 Å². The SMILES string of the molecule is O=[N+]([O-])c1cccc(-c2ccnc3ccnn23)c1. The molecule has 2 heterocycles. The molecule has 0 aliphatic rings. The normalized spacial score (nSPS) is 10.7. The van der Waals surface area contributed by atoms with Gasteiger partial charge < -0.3 is 0 Å². The number of aromatic nitrogens is 3. The third kappa shape index (κ3) is 1.60. The van der Waals surface area contributed by atoms with Crippen molar-refractivity contribution in [2.45, 2.75) is 0 Å². The summed E-state index contributed by atoms with van der Waals surface area (Å²) < 4.78 is 1.65. The lowest BCUT2D eigenvalue weighted by Gasteiger charge is -2.04. The number of fused-ring (bicyclic) bond motifs is 1. The van der Waals surface area contributed by atoms with Gasteiger partial charge in [-0.1, -0.05) is 12.1 Å². The van der Waals surface area contributed by atoms with Crippen LogP contribution in [0.5, 0.6) is 0 Å². The first-order chi connectivity index (χ1) is 8.75. The molecule has 0 fully saturated rings. The number of rotatable bonds is 2. The van der Waals surface area contributed by atoms with Gasteiger partial charge in [0.25, 0.3) is 5.69 Å². The van der Waals surface area contributed by atoms with E-state index in [4.69, 9.17) is 0 Å². The predicted molar refractivity (Wildman–Crippen MR) is 65.1 cm³/mol. The van der Waals surface area contributed by atoms with Gasteiger partial charge in [0.2, 0.25) is 0 Å². The molecule has 0 unspecified atom stereocenters. The van der Waals surface area contributed by atoms with Crippen molar-refractivity contribution in [1.82, 2.24) is 14.6 Å². The van der Waals surface area contributed by atoms with Gasteiger partial charge in [0.15, 0.2) is 5.65 Å². The molecule has 0 radical (unpaired) electrons. The predicted octanol–water partition coefficient (Wildman–Crippen LogP) is 2.30. The standard InChI is InChI=1S/C12H8N4O2/c17-16(18)10-3-1-2-9(8-10)11-4-6-13-12-5-7-14-15(11)12/h1-8H. The minimum absolute atomic E-state index is 0.0598. The molecule has 0 aliphatic heterocycles. The lowest BCUT2D eigenvalue weighted by molar-refractivity contribution is -0.384. The van der Waals surface area contributed by atoms with Crippen molar-refractivity contribution in [3.63, 3.8) is 0 Å². The second-order valence-electron chi connectivity index (χ2n) is 3.74. The van der Waals surface area contributed by atoms with Gasteiger partial charge in [0.05, 0.1) is 16.8 Å². The van der Waals surface area contributed by atoms with Crippen LogP contribution in [-0.4, -0.2) is 19.5 Å². The van der Waals surface area contributed by atoms with Crippen molar-refractivity contribution in [1.29, 1.82) is 0 Å². The Morgan fingerprint density at radius 1 is 1.17 bits per heavy atom. The summed E-state index contributed by atoms with van der Waals surface area (Å²) >= 11 is 0. The summed E-state index contributed by atoms with van der Waals surface area (Å²) in [5.41, 5.74) is 2.28. The largest absolute Gasteiger partial charge is 0.270 e. The van der Waals surface area contributed by atoms with Crippen LogP contribution >= 0.6 is 0 Å². The van der Waals surface area contributed by atoms with Crippen molar-refractivity contribution >= 4 is 11.3 Å². The average molecular weight is 240 g/mol. The molecule has 6 nitrogen and oxygen atoms in total. The molecule has 0 atom stereocenters. The van der Waals surface area contributed by atoms with Gasteiger partial charge >= 0.3 is 0 Å². The Balaban J connectivity index is 2.23. The van der Waals surface area contributed by atoms with Gasteiger partial charge in [0, 0.05) is 30.0 Å². The first-order valence-electron chi connectivity index (χ1n) is 5.29. The second-order valence-corrected chi connectivity index (χ2v) is 3.74. The fourth-order valence-corrected chi connectivity index (χ4v) is 1.83. The van der Waals surface area contributed by atoms with E-state index in [0.717, 1.165) is 11.3 Å². The van der Waals surface area contributed by atoms with Gasteiger partial charge in [-0.05, 0) is 6.07 Å². The Morgan fingerprint density at radius 2 is 2.06 bits per heavy atom. The molecular weight excluding hydrogens is 232 g/mol. The van der Waals surface area contributed by atoms with Gasteiger partial charge in [0.1, 0.15) is 0 Å². The fraction of sp³-hybridized carbons (Fsp3) is 0. The summed E-state index contributed by atoms with van der Waals surface area (Å²) in [6.45, 7) is 0. The van der Waals surface area contributed by atoms with Gasteiger partial charge in [-0.15, -0.1) is 0 Å². The van der Waals surface area contributed by atoms with Crippen LogP contribution in [0.4, 0.5) is 5.69 Å². The minimum Gasteiger partial charge on any atom is -0.258 e. The van der Waals surface area contributed by atoms with Crippen molar-refractivity contribution < 1.29 is 4.92 Å². The van der Waals surface area contributed by atoms with E-state index in [-0.39, 0.29) is 5.69 Å². The van der Waals surface area contributed by atoms with Crippen molar-refractivity contribution in [3.05, 3.63) is 58.9 Å². The Bertz CT molecular complexity index is 736. The maximum atomic E-state index is 10.8. The molecule has 2 aromatic heterocycles. The molecule has 0 bridgehead atoms. The molecule has 18 heavy (non-hydrogen) atoms. The number of non-ortho nitro benzene ring substituents is 1.